The van der Waals surface area contributed by atoms with Gasteiger partial charge in [0, 0.05) is 31.4 Å². The Labute approximate surface area is 118 Å². The van der Waals surface area contributed by atoms with Gasteiger partial charge in [-0.05, 0) is 32.0 Å². The Hall–Kier alpha value is -1.62. The van der Waals surface area contributed by atoms with Gasteiger partial charge in [-0.1, -0.05) is 0 Å². The van der Waals surface area contributed by atoms with Crippen LogP contribution >= 0.6 is 0 Å². The number of hydrogen-bond donors (Lipinski definition) is 1. The molecule has 20 heavy (non-hydrogen) atoms. The van der Waals surface area contributed by atoms with Crippen molar-refractivity contribution in [2.75, 3.05) is 25.0 Å². The number of carbonyl (C=O) groups excluding carboxylic acids is 1. The lowest BCUT2D eigenvalue weighted by atomic mass is 9.73. The molecule has 1 N–H and O–H groups in total. The van der Waals surface area contributed by atoms with E-state index in [1.807, 2.05) is 6.07 Å². The van der Waals surface area contributed by atoms with Crippen LogP contribution in [0.25, 0.3) is 0 Å². The molecule has 1 spiro atoms. The molecule has 1 aromatic rings. The van der Waals surface area contributed by atoms with Crippen LogP contribution in [-0.4, -0.2) is 41.0 Å². The summed E-state index contributed by atoms with van der Waals surface area (Å²) in [7, 11) is 0. The molecule has 5 heterocycles. The maximum Gasteiger partial charge on any atom is 0.221 e. The molecule has 1 aromatic heterocycles. The smallest absolute Gasteiger partial charge is 0.221 e. The third kappa shape index (κ3) is 1.80. The molecule has 5 nitrogen and oxygen atoms in total. The van der Waals surface area contributed by atoms with Crippen molar-refractivity contribution in [3.05, 3.63) is 17.8 Å². The molecule has 1 atom stereocenters. The first kappa shape index (κ1) is 12.1. The van der Waals surface area contributed by atoms with Crippen molar-refractivity contribution in [2.24, 2.45) is 5.92 Å². The first-order valence-electron chi connectivity index (χ1n) is 7.32. The Morgan fingerprint density at radius 3 is 2.95 bits per heavy atom. The molecule has 4 aliphatic heterocycles. The molecule has 1 unspecified atom stereocenters. The van der Waals surface area contributed by atoms with E-state index in [4.69, 9.17) is 4.74 Å². The van der Waals surface area contributed by atoms with Crippen LogP contribution in [0.2, 0.25) is 0 Å². The quantitative estimate of drug-likeness (QED) is 0.841. The van der Waals surface area contributed by atoms with E-state index in [0.29, 0.717) is 5.92 Å². The highest BCUT2D eigenvalue weighted by Gasteiger charge is 2.52. The minimum absolute atomic E-state index is 0.0665. The Balaban J connectivity index is 1.62. The van der Waals surface area contributed by atoms with Gasteiger partial charge in [-0.3, -0.25) is 9.69 Å². The van der Waals surface area contributed by atoms with Gasteiger partial charge in [0.25, 0.3) is 0 Å². The van der Waals surface area contributed by atoms with Gasteiger partial charge in [0.1, 0.15) is 5.60 Å². The molecule has 0 radical (unpaired) electrons. The fraction of sp³-hybridized carbons (Fsp3) is 0.600. The molecular weight excluding hydrogens is 254 g/mol. The first-order chi connectivity index (χ1) is 9.64. The third-order valence-corrected chi connectivity index (χ3v) is 4.86. The summed E-state index contributed by atoms with van der Waals surface area (Å²) >= 11 is 0. The van der Waals surface area contributed by atoms with Crippen LogP contribution in [0.3, 0.4) is 0 Å². The number of nitrogens with zero attached hydrogens (tertiary/aromatic N) is 2. The molecule has 0 aliphatic carbocycles. The number of carbonyl (C=O) groups is 1. The Morgan fingerprint density at radius 2 is 2.30 bits per heavy atom. The van der Waals surface area contributed by atoms with Gasteiger partial charge in [-0.25, -0.2) is 4.98 Å². The predicted octanol–water partition coefficient (Wildman–Crippen LogP) is 1.44. The Bertz CT molecular complexity index is 566. The fourth-order valence-electron chi connectivity index (χ4n) is 3.98. The molecule has 1 amide bonds. The summed E-state index contributed by atoms with van der Waals surface area (Å²) in [6.45, 7) is 4.94. The van der Waals surface area contributed by atoms with Crippen LogP contribution in [0.5, 0.6) is 5.88 Å². The molecular formula is C15H19N3O2. The van der Waals surface area contributed by atoms with E-state index in [9.17, 15) is 4.79 Å². The van der Waals surface area contributed by atoms with Crippen molar-refractivity contribution in [3.8, 4) is 5.88 Å². The van der Waals surface area contributed by atoms with E-state index >= 15 is 0 Å². The summed E-state index contributed by atoms with van der Waals surface area (Å²) in [4.78, 5) is 18.0. The number of aromatic nitrogens is 1. The minimum Gasteiger partial charge on any atom is -0.469 e. The lowest BCUT2D eigenvalue weighted by Crippen LogP contribution is -2.61. The van der Waals surface area contributed by atoms with Crippen LogP contribution in [0, 0.1) is 5.92 Å². The van der Waals surface area contributed by atoms with Crippen LogP contribution in [-0.2, 0) is 11.2 Å². The number of anilines is 1. The normalized spacial score (nSPS) is 33.9. The highest BCUT2D eigenvalue weighted by atomic mass is 16.5. The van der Waals surface area contributed by atoms with E-state index < -0.39 is 0 Å². The second kappa shape index (κ2) is 4.19. The first-order valence-corrected chi connectivity index (χ1v) is 7.32. The number of nitrogens with one attached hydrogen (secondary N) is 1. The van der Waals surface area contributed by atoms with E-state index in [1.54, 1.807) is 6.20 Å². The third-order valence-electron chi connectivity index (χ3n) is 4.86. The van der Waals surface area contributed by atoms with Gasteiger partial charge in [0.05, 0.1) is 11.9 Å². The lowest BCUT2D eigenvalue weighted by Gasteiger charge is -2.50. The topological polar surface area (TPSA) is 54.5 Å². The second-order valence-corrected chi connectivity index (χ2v) is 6.26. The van der Waals surface area contributed by atoms with Gasteiger partial charge >= 0.3 is 0 Å². The van der Waals surface area contributed by atoms with Crippen molar-refractivity contribution in [3.63, 3.8) is 0 Å². The lowest BCUT2D eigenvalue weighted by molar-refractivity contribution is -0.114. The van der Waals surface area contributed by atoms with Crippen LogP contribution in [0.15, 0.2) is 12.3 Å². The predicted molar refractivity (Wildman–Crippen MR) is 74.8 cm³/mol. The maximum atomic E-state index is 11.1. The standard InChI is InChI=1S/C15H19N3O2/c1-10(19)17-13-6-11-7-15(20-14(11)16-8-13)9-18-4-2-12(15)3-5-18/h6,8,12H,2-5,7,9H2,1H3,(H,17,19). The van der Waals surface area contributed by atoms with Crippen molar-refractivity contribution in [1.29, 1.82) is 0 Å². The number of pyridine rings is 1. The number of amides is 1. The summed E-state index contributed by atoms with van der Waals surface area (Å²) in [5.41, 5.74) is 1.82. The van der Waals surface area contributed by atoms with E-state index in [-0.39, 0.29) is 11.5 Å². The van der Waals surface area contributed by atoms with E-state index in [1.165, 1.54) is 32.9 Å². The number of rotatable bonds is 1. The van der Waals surface area contributed by atoms with Crippen molar-refractivity contribution >= 4 is 11.6 Å². The zero-order chi connectivity index (χ0) is 13.7. The number of hydrogen-bond acceptors (Lipinski definition) is 4. The largest absolute Gasteiger partial charge is 0.469 e. The van der Waals surface area contributed by atoms with E-state index in [0.717, 1.165) is 30.1 Å². The number of fused-ring (bicyclic) bond motifs is 3. The van der Waals surface area contributed by atoms with Crippen LogP contribution in [0.4, 0.5) is 5.69 Å². The molecule has 5 rings (SSSR count). The zero-order valence-electron chi connectivity index (χ0n) is 11.7. The van der Waals surface area contributed by atoms with Gasteiger partial charge in [-0.15, -0.1) is 0 Å². The van der Waals surface area contributed by atoms with Crippen molar-refractivity contribution in [2.45, 2.75) is 31.8 Å². The molecule has 106 valence electrons. The Morgan fingerprint density at radius 1 is 1.50 bits per heavy atom. The van der Waals surface area contributed by atoms with E-state index in [2.05, 4.69) is 15.2 Å². The second-order valence-electron chi connectivity index (χ2n) is 6.26. The fourth-order valence-corrected chi connectivity index (χ4v) is 3.98. The summed E-state index contributed by atoms with van der Waals surface area (Å²) in [6, 6.07) is 2.01. The summed E-state index contributed by atoms with van der Waals surface area (Å²) in [5.74, 6) is 1.34. The molecule has 4 aliphatic rings. The summed E-state index contributed by atoms with van der Waals surface area (Å²) in [5, 5.41) is 2.79. The van der Waals surface area contributed by atoms with Gasteiger partial charge in [0.2, 0.25) is 11.8 Å². The molecule has 3 fully saturated rings. The Kier molecular flexibility index (Phi) is 2.54. The monoisotopic (exact) mass is 273 g/mol. The van der Waals surface area contributed by atoms with Crippen LogP contribution < -0.4 is 10.1 Å². The summed E-state index contributed by atoms with van der Waals surface area (Å²) < 4.78 is 6.26. The molecule has 0 saturated carbocycles. The highest BCUT2D eigenvalue weighted by Crippen LogP contribution is 2.46. The van der Waals surface area contributed by atoms with Crippen molar-refractivity contribution < 1.29 is 9.53 Å². The van der Waals surface area contributed by atoms with Crippen LogP contribution in [0.1, 0.15) is 25.3 Å². The SMILES string of the molecule is CC(=O)Nc1cnc2c(c1)CC1(CN3CCC1CC3)O2. The minimum atomic E-state index is -0.0688. The number of piperidine rings is 3. The van der Waals surface area contributed by atoms with Gasteiger partial charge < -0.3 is 10.1 Å². The average molecular weight is 273 g/mol. The maximum absolute atomic E-state index is 11.1. The molecule has 5 heteroatoms. The molecule has 3 saturated heterocycles. The number of ether oxygens (including phenoxy) is 1. The average Bonchev–Trinajstić information content (AvgIpc) is 2.76. The zero-order valence-corrected chi connectivity index (χ0v) is 11.7. The van der Waals surface area contributed by atoms with Gasteiger partial charge in [-0.2, -0.15) is 0 Å². The van der Waals surface area contributed by atoms with Gasteiger partial charge in [0.15, 0.2) is 0 Å². The van der Waals surface area contributed by atoms with Crippen molar-refractivity contribution in [1.82, 2.24) is 9.88 Å². The summed E-state index contributed by atoms with van der Waals surface area (Å²) in [6.07, 6.45) is 5.06. The molecule has 2 bridgehead atoms. The molecule has 0 aromatic carbocycles. The highest BCUT2D eigenvalue weighted by molar-refractivity contribution is 5.88.